The van der Waals surface area contributed by atoms with Crippen LogP contribution in [0.1, 0.15) is 10.4 Å². The molecule has 20 heavy (non-hydrogen) atoms. The van der Waals surface area contributed by atoms with Gasteiger partial charge in [-0.15, -0.1) is 0 Å². The zero-order valence-electron chi connectivity index (χ0n) is 9.92. The maximum atomic E-state index is 11.7. The molecule has 2 N–H and O–H groups in total. The van der Waals surface area contributed by atoms with E-state index in [1.165, 1.54) is 12.1 Å². The molecule has 0 saturated heterocycles. The summed E-state index contributed by atoms with van der Waals surface area (Å²) in [6, 6.07) is 2.37. The summed E-state index contributed by atoms with van der Waals surface area (Å²) < 4.78 is 47.2. The Morgan fingerprint density at radius 1 is 1.20 bits per heavy atom. The number of anilines is 1. The van der Waals surface area contributed by atoms with Crippen LogP contribution < -0.4 is 4.72 Å². The SMILES string of the molecule is CS(=O)(=O)CS(=O)(=O)Nc1c(Cl)ccc(Cl)c1C(=O)O. The highest BCUT2D eigenvalue weighted by atomic mass is 35.5. The molecule has 0 aliphatic carbocycles. The molecule has 1 aromatic rings. The van der Waals surface area contributed by atoms with Gasteiger partial charge in [0.15, 0.2) is 14.9 Å². The summed E-state index contributed by atoms with van der Waals surface area (Å²) in [6.07, 6.45) is 0.726. The van der Waals surface area contributed by atoms with Crippen molar-refractivity contribution in [1.82, 2.24) is 0 Å². The van der Waals surface area contributed by atoms with Gasteiger partial charge in [-0.3, -0.25) is 4.72 Å². The smallest absolute Gasteiger partial charge is 0.339 e. The Balaban J connectivity index is 3.35. The number of nitrogens with one attached hydrogen (secondary N) is 1. The van der Waals surface area contributed by atoms with E-state index < -0.39 is 42.2 Å². The lowest BCUT2D eigenvalue weighted by Crippen LogP contribution is -2.23. The maximum Gasteiger partial charge on any atom is 0.339 e. The van der Waals surface area contributed by atoms with E-state index in [1.54, 1.807) is 0 Å². The summed E-state index contributed by atoms with van der Waals surface area (Å²) in [6.45, 7) is 0. The van der Waals surface area contributed by atoms with Crippen LogP contribution in [0.15, 0.2) is 12.1 Å². The number of halogens is 2. The molecule has 1 rings (SSSR count). The first-order valence-electron chi connectivity index (χ1n) is 4.82. The van der Waals surface area contributed by atoms with E-state index in [2.05, 4.69) is 0 Å². The first-order chi connectivity index (χ1) is 8.93. The van der Waals surface area contributed by atoms with E-state index in [9.17, 15) is 21.6 Å². The number of carbonyl (C=O) groups is 1. The molecule has 0 aliphatic rings. The van der Waals surface area contributed by atoms with Crippen LogP contribution in [0, 0.1) is 0 Å². The van der Waals surface area contributed by atoms with Crippen LogP contribution in [0.25, 0.3) is 0 Å². The third kappa shape index (κ3) is 4.51. The number of hydrogen-bond acceptors (Lipinski definition) is 5. The van der Waals surface area contributed by atoms with Gasteiger partial charge < -0.3 is 5.11 Å². The van der Waals surface area contributed by atoms with Gasteiger partial charge in [-0.05, 0) is 12.1 Å². The molecule has 0 aliphatic heterocycles. The lowest BCUT2D eigenvalue weighted by atomic mass is 10.2. The topological polar surface area (TPSA) is 118 Å². The average Bonchev–Trinajstić information content (AvgIpc) is 2.18. The van der Waals surface area contributed by atoms with Gasteiger partial charge in [0.2, 0.25) is 10.0 Å². The number of sulfonamides is 1. The van der Waals surface area contributed by atoms with E-state index in [1.807, 2.05) is 4.72 Å². The van der Waals surface area contributed by atoms with Crippen molar-refractivity contribution in [3.05, 3.63) is 27.7 Å². The van der Waals surface area contributed by atoms with Crippen molar-refractivity contribution in [3.8, 4) is 0 Å². The van der Waals surface area contributed by atoms with E-state index >= 15 is 0 Å². The van der Waals surface area contributed by atoms with Gasteiger partial charge in [0.1, 0.15) is 5.56 Å². The van der Waals surface area contributed by atoms with Crippen LogP contribution in [0.5, 0.6) is 0 Å². The van der Waals surface area contributed by atoms with E-state index in [4.69, 9.17) is 28.3 Å². The molecule has 112 valence electrons. The summed E-state index contributed by atoms with van der Waals surface area (Å²) in [5.74, 6) is -1.51. The number of hydrogen-bond donors (Lipinski definition) is 2. The molecule has 1 aromatic carbocycles. The zero-order chi connectivity index (χ0) is 15.7. The highest BCUT2D eigenvalue weighted by Crippen LogP contribution is 2.32. The molecule has 0 heterocycles. The predicted molar refractivity (Wildman–Crippen MR) is 75.7 cm³/mol. The Hall–Kier alpha value is -1.03. The summed E-state index contributed by atoms with van der Waals surface area (Å²) >= 11 is 11.4. The summed E-state index contributed by atoms with van der Waals surface area (Å²) in [5, 5.41) is 7.34. The van der Waals surface area contributed by atoms with Crippen molar-refractivity contribution in [2.75, 3.05) is 16.1 Å². The molecule has 0 fully saturated rings. The molecular weight excluding hydrogens is 353 g/mol. The van der Waals surface area contributed by atoms with Crippen LogP contribution in [-0.2, 0) is 19.9 Å². The molecular formula is C9H9Cl2NO6S2. The van der Waals surface area contributed by atoms with Gasteiger partial charge >= 0.3 is 5.97 Å². The normalized spacial score (nSPS) is 12.2. The number of carboxylic acids is 1. The molecule has 0 spiro atoms. The number of benzene rings is 1. The molecule has 0 amide bonds. The first kappa shape index (κ1) is 17.0. The van der Waals surface area contributed by atoms with Crippen LogP contribution in [0.3, 0.4) is 0 Å². The minimum atomic E-state index is -4.33. The maximum absolute atomic E-state index is 11.7. The van der Waals surface area contributed by atoms with Crippen molar-refractivity contribution in [2.45, 2.75) is 0 Å². The Morgan fingerprint density at radius 3 is 2.15 bits per heavy atom. The predicted octanol–water partition coefficient (Wildman–Crippen LogP) is 1.44. The van der Waals surface area contributed by atoms with Gasteiger partial charge in [-0.2, -0.15) is 0 Å². The third-order valence-electron chi connectivity index (χ3n) is 1.94. The van der Waals surface area contributed by atoms with Crippen LogP contribution in [0.2, 0.25) is 10.0 Å². The van der Waals surface area contributed by atoms with Crippen LogP contribution in [0.4, 0.5) is 5.69 Å². The molecule has 0 atom stereocenters. The van der Waals surface area contributed by atoms with Crippen molar-refractivity contribution in [3.63, 3.8) is 0 Å². The molecule has 0 bridgehead atoms. The molecule has 0 saturated carbocycles. The second-order valence-corrected chi connectivity index (χ2v) is 8.89. The highest BCUT2D eigenvalue weighted by molar-refractivity contribution is 8.08. The zero-order valence-corrected chi connectivity index (χ0v) is 13.1. The molecule has 0 unspecified atom stereocenters. The summed E-state index contributed by atoms with van der Waals surface area (Å²) in [5.41, 5.74) is -1.04. The summed E-state index contributed by atoms with van der Waals surface area (Å²) in [4.78, 5) is 11.1. The van der Waals surface area contributed by atoms with E-state index in [-0.39, 0.29) is 10.0 Å². The number of rotatable bonds is 5. The Bertz CT molecular complexity index is 757. The van der Waals surface area contributed by atoms with Gasteiger partial charge in [-0.1, -0.05) is 23.2 Å². The quantitative estimate of drug-likeness (QED) is 0.818. The fourth-order valence-electron chi connectivity index (χ4n) is 1.33. The molecule has 11 heteroatoms. The van der Waals surface area contributed by atoms with E-state index in [0.717, 1.165) is 6.26 Å². The van der Waals surface area contributed by atoms with Gasteiger partial charge in [0, 0.05) is 6.26 Å². The van der Waals surface area contributed by atoms with Gasteiger partial charge in [0.25, 0.3) is 0 Å². The molecule has 0 aromatic heterocycles. The fourth-order valence-corrected chi connectivity index (χ4v) is 4.84. The minimum absolute atomic E-state index is 0.219. The third-order valence-corrected chi connectivity index (χ3v) is 6.04. The average molecular weight is 362 g/mol. The van der Waals surface area contributed by atoms with Crippen molar-refractivity contribution in [1.29, 1.82) is 0 Å². The minimum Gasteiger partial charge on any atom is -0.478 e. The number of carboxylic acid groups (broad SMARTS) is 1. The van der Waals surface area contributed by atoms with Crippen molar-refractivity contribution in [2.24, 2.45) is 0 Å². The Labute approximate surface area is 125 Å². The lowest BCUT2D eigenvalue weighted by molar-refractivity contribution is 0.0698. The molecule has 7 nitrogen and oxygen atoms in total. The lowest BCUT2D eigenvalue weighted by Gasteiger charge is -2.12. The highest BCUT2D eigenvalue weighted by Gasteiger charge is 2.24. The second-order valence-electron chi connectivity index (χ2n) is 3.84. The van der Waals surface area contributed by atoms with Gasteiger partial charge in [-0.25, -0.2) is 21.6 Å². The largest absolute Gasteiger partial charge is 0.478 e. The second kappa shape index (κ2) is 5.76. The number of sulfone groups is 1. The Morgan fingerprint density at radius 2 is 1.70 bits per heavy atom. The Kier molecular flexibility index (Phi) is 4.90. The fraction of sp³-hybridized carbons (Fsp3) is 0.222. The van der Waals surface area contributed by atoms with Crippen molar-refractivity contribution >= 4 is 54.7 Å². The van der Waals surface area contributed by atoms with Crippen molar-refractivity contribution < 1.29 is 26.7 Å². The van der Waals surface area contributed by atoms with Crippen LogP contribution in [-0.4, -0.2) is 39.3 Å². The van der Waals surface area contributed by atoms with E-state index in [0.29, 0.717) is 0 Å². The standard InChI is InChI=1S/C9H9Cl2NO6S2/c1-19(15,16)4-20(17,18)12-8-6(11)3-2-5(10)7(8)9(13)14/h2-3,12H,4H2,1H3,(H,13,14). The molecule has 0 radical (unpaired) electrons. The first-order valence-corrected chi connectivity index (χ1v) is 9.29. The van der Waals surface area contributed by atoms with Gasteiger partial charge in [0.05, 0.1) is 15.7 Å². The van der Waals surface area contributed by atoms with Crippen LogP contribution >= 0.6 is 23.2 Å². The summed E-state index contributed by atoms with van der Waals surface area (Å²) in [7, 11) is -8.16. The number of aromatic carboxylic acids is 1. The monoisotopic (exact) mass is 361 g/mol.